The third kappa shape index (κ3) is 4.14. The first-order valence-corrected chi connectivity index (χ1v) is 11.8. The number of nitrogens with one attached hydrogen (secondary N) is 1. The third-order valence-corrected chi connectivity index (χ3v) is 7.18. The van der Waals surface area contributed by atoms with E-state index in [2.05, 4.69) is 29.6 Å². The number of amides is 2. The van der Waals surface area contributed by atoms with E-state index >= 15 is 0 Å². The highest BCUT2D eigenvalue weighted by atomic mass is 16.5. The van der Waals surface area contributed by atoms with Gasteiger partial charge in [-0.25, -0.2) is 9.59 Å². The van der Waals surface area contributed by atoms with Crippen LogP contribution in [0.1, 0.15) is 36.3 Å². The number of hydrogen-bond acceptors (Lipinski definition) is 5. The lowest BCUT2D eigenvalue weighted by Crippen LogP contribution is -2.56. The van der Waals surface area contributed by atoms with Gasteiger partial charge in [0.25, 0.3) is 0 Å². The molecule has 34 heavy (non-hydrogen) atoms. The Labute approximate surface area is 197 Å². The highest BCUT2D eigenvalue weighted by Crippen LogP contribution is 2.44. The first kappa shape index (κ1) is 22.4. The molecule has 2 fully saturated rings. The average Bonchev–Trinajstić information content (AvgIpc) is 3.44. The molecule has 2 aliphatic carbocycles. The number of ether oxygens (including phenoxy) is 2. The van der Waals surface area contributed by atoms with E-state index in [4.69, 9.17) is 9.47 Å². The van der Waals surface area contributed by atoms with Crippen molar-refractivity contribution in [1.29, 1.82) is 0 Å². The third-order valence-electron chi connectivity index (χ3n) is 7.18. The number of benzene rings is 2. The molecule has 1 saturated carbocycles. The molecule has 3 aliphatic rings. The van der Waals surface area contributed by atoms with Gasteiger partial charge in [0.2, 0.25) is 5.91 Å². The minimum Gasteiger partial charge on any atom is -0.480 e. The molecule has 0 spiro atoms. The number of carbonyl (C=O) groups excluding carboxylic acids is 2. The Kier molecular flexibility index (Phi) is 6.24. The van der Waals surface area contributed by atoms with Crippen molar-refractivity contribution in [3.63, 3.8) is 0 Å². The Morgan fingerprint density at radius 2 is 1.71 bits per heavy atom. The van der Waals surface area contributed by atoms with E-state index in [1.54, 1.807) is 0 Å². The number of nitrogens with zero attached hydrogens (tertiary/aromatic N) is 1. The highest BCUT2D eigenvalue weighted by Gasteiger charge is 2.41. The maximum Gasteiger partial charge on any atom is 0.407 e. The fourth-order valence-corrected chi connectivity index (χ4v) is 5.50. The zero-order valence-corrected chi connectivity index (χ0v) is 18.8. The second-order valence-electron chi connectivity index (χ2n) is 9.07. The van der Waals surface area contributed by atoms with Crippen molar-refractivity contribution in [1.82, 2.24) is 10.2 Å². The molecule has 0 radical (unpaired) electrons. The van der Waals surface area contributed by atoms with Gasteiger partial charge >= 0.3 is 12.1 Å². The van der Waals surface area contributed by atoms with Crippen molar-refractivity contribution in [3.05, 3.63) is 59.7 Å². The molecular weight excluding hydrogens is 436 g/mol. The lowest BCUT2D eigenvalue weighted by atomic mass is 9.98. The van der Waals surface area contributed by atoms with Crippen LogP contribution in [-0.4, -0.2) is 66.4 Å². The molecule has 1 heterocycles. The van der Waals surface area contributed by atoms with Gasteiger partial charge in [-0.2, -0.15) is 0 Å². The van der Waals surface area contributed by atoms with Crippen LogP contribution in [0.5, 0.6) is 0 Å². The van der Waals surface area contributed by atoms with Gasteiger partial charge in [-0.1, -0.05) is 55.0 Å². The summed E-state index contributed by atoms with van der Waals surface area (Å²) in [6, 6.07) is 14.9. The second-order valence-corrected chi connectivity index (χ2v) is 9.07. The van der Waals surface area contributed by atoms with Gasteiger partial charge in [0, 0.05) is 18.5 Å². The van der Waals surface area contributed by atoms with Crippen LogP contribution >= 0.6 is 0 Å². The van der Waals surface area contributed by atoms with Gasteiger partial charge in [-0.15, -0.1) is 0 Å². The quantitative estimate of drug-likeness (QED) is 0.705. The summed E-state index contributed by atoms with van der Waals surface area (Å²) in [7, 11) is 0. The van der Waals surface area contributed by atoms with Crippen molar-refractivity contribution in [3.8, 4) is 11.1 Å². The van der Waals surface area contributed by atoms with Crippen LogP contribution in [0.3, 0.4) is 0 Å². The summed E-state index contributed by atoms with van der Waals surface area (Å²) >= 11 is 0. The normalized spacial score (nSPS) is 23.8. The Balaban J connectivity index is 1.23. The number of carbonyl (C=O) groups is 3. The molecule has 178 valence electrons. The van der Waals surface area contributed by atoms with Crippen molar-refractivity contribution in [2.45, 2.75) is 37.3 Å². The lowest BCUT2D eigenvalue weighted by molar-refractivity contribution is -0.160. The van der Waals surface area contributed by atoms with E-state index in [1.807, 2.05) is 24.3 Å². The predicted octanol–water partition coefficient (Wildman–Crippen LogP) is 3.01. The summed E-state index contributed by atoms with van der Waals surface area (Å²) in [6.07, 6.45) is 1.50. The fraction of sp³-hybridized carbons (Fsp3) is 0.423. The van der Waals surface area contributed by atoms with E-state index in [0.717, 1.165) is 28.7 Å². The minimum atomic E-state index is -1.08. The number of morpholine rings is 1. The zero-order valence-electron chi connectivity index (χ0n) is 18.8. The van der Waals surface area contributed by atoms with Crippen LogP contribution in [0.4, 0.5) is 4.79 Å². The first-order valence-electron chi connectivity index (χ1n) is 11.8. The van der Waals surface area contributed by atoms with Gasteiger partial charge in [-0.05, 0) is 35.1 Å². The molecule has 1 saturated heterocycles. The van der Waals surface area contributed by atoms with Crippen LogP contribution in [0.25, 0.3) is 11.1 Å². The van der Waals surface area contributed by atoms with Crippen LogP contribution in [0.15, 0.2) is 48.5 Å². The molecule has 0 aromatic heterocycles. The largest absolute Gasteiger partial charge is 0.480 e. The molecule has 8 heteroatoms. The van der Waals surface area contributed by atoms with Crippen LogP contribution < -0.4 is 5.32 Å². The topological polar surface area (TPSA) is 105 Å². The fourth-order valence-electron chi connectivity index (χ4n) is 5.50. The number of carboxylic acids is 1. The second kappa shape index (κ2) is 9.46. The molecule has 8 nitrogen and oxygen atoms in total. The molecule has 2 aromatic rings. The van der Waals surface area contributed by atoms with Crippen molar-refractivity contribution in [2.75, 3.05) is 26.4 Å². The van der Waals surface area contributed by atoms with E-state index in [9.17, 15) is 19.5 Å². The molecule has 5 rings (SSSR count). The van der Waals surface area contributed by atoms with Gasteiger partial charge in [-0.3, -0.25) is 4.79 Å². The maximum absolute atomic E-state index is 13.2. The first-order chi connectivity index (χ1) is 16.5. The molecule has 2 aromatic carbocycles. The number of fused-ring (bicyclic) bond motifs is 3. The smallest absolute Gasteiger partial charge is 0.407 e. The maximum atomic E-state index is 13.2. The molecule has 1 aliphatic heterocycles. The van der Waals surface area contributed by atoms with Gasteiger partial charge < -0.3 is 24.8 Å². The Bertz CT molecular complexity index is 1060. The molecule has 2 N–H and O–H groups in total. The SMILES string of the molecule is O=C(NC1CCCC1C(=O)N1CCOCC1C(=O)O)OCC1c2ccccc2-c2ccccc21. The van der Waals surface area contributed by atoms with Crippen LogP contribution in [0, 0.1) is 5.92 Å². The lowest BCUT2D eigenvalue weighted by Gasteiger charge is -2.35. The summed E-state index contributed by atoms with van der Waals surface area (Å²) in [6.45, 7) is 0.741. The van der Waals surface area contributed by atoms with Gasteiger partial charge in [0.05, 0.1) is 19.1 Å². The summed E-state index contributed by atoms with van der Waals surface area (Å²) < 4.78 is 10.9. The average molecular weight is 465 g/mol. The molecular formula is C26H28N2O6. The van der Waals surface area contributed by atoms with E-state index < -0.39 is 24.0 Å². The summed E-state index contributed by atoms with van der Waals surface area (Å²) in [5.74, 6) is -1.81. The molecule has 2 amide bonds. The standard InChI is InChI=1S/C26H28N2O6/c29-24(28-12-13-33-15-23(28)25(30)31)20-10-5-11-22(20)27-26(32)34-14-21-18-8-3-1-6-16(18)17-7-2-4-9-19(17)21/h1-4,6-9,20-23H,5,10-15H2,(H,27,32)(H,30,31). The molecule has 0 bridgehead atoms. The Hall–Kier alpha value is -3.39. The summed E-state index contributed by atoms with van der Waals surface area (Å²) in [4.78, 5) is 38.8. The van der Waals surface area contributed by atoms with E-state index in [-0.39, 0.29) is 37.6 Å². The predicted molar refractivity (Wildman–Crippen MR) is 123 cm³/mol. The van der Waals surface area contributed by atoms with Crippen molar-refractivity contribution < 1.29 is 29.0 Å². The summed E-state index contributed by atoms with van der Waals surface area (Å²) in [5, 5.41) is 12.3. The zero-order chi connectivity index (χ0) is 23.7. The van der Waals surface area contributed by atoms with Crippen LogP contribution in [-0.2, 0) is 19.1 Å². The Morgan fingerprint density at radius 3 is 2.38 bits per heavy atom. The van der Waals surface area contributed by atoms with Gasteiger partial charge in [0.1, 0.15) is 6.61 Å². The van der Waals surface area contributed by atoms with Crippen molar-refractivity contribution >= 4 is 18.0 Å². The number of hydrogen-bond donors (Lipinski definition) is 2. The monoisotopic (exact) mass is 464 g/mol. The number of alkyl carbamates (subject to hydrolysis) is 1. The van der Waals surface area contributed by atoms with Crippen LogP contribution in [0.2, 0.25) is 0 Å². The summed E-state index contributed by atoms with van der Waals surface area (Å²) in [5.41, 5.74) is 4.59. The highest BCUT2D eigenvalue weighted by molar-refractivity contribution is 5.86. The van der Waals surface area contributed by atoms with E-state index in [0.29, 0.717) is 19.4 Å². The Morgan fingerprint density at radius 1 is 1.03 bits per heavy atom. The minimum absolute atomic E-state index is 0.0156. The molecule has 3 atom stereocenters. The van der Waals surface area contributed by atoms with Crippen molar-refractivity contribution in [2.24, 2.45) is 5.92 Å². The van der Waals surface area contributed by atoms with Gasteiger partial charge in [0.15, 0.2) is 6.04 Å². The number of carboxylic acid groups (broad SMARTS) is 1. The van der Waals surface area contributed by atoms with E-state index in [1.165, 1.54) is 4.90 Å². The number of rotatable bonds is 5. The molecule has 3 unspecified atom stereocenters. The number of aliphatic carboxylic acids is 1.